The van der Waals surface area contributed by atoms with Gasteiger partial charge in [-0.25, -0.2) is 0 Å². The smallest absolute Gasteiger partial charge is 0.313 e. The zero-order valence-electron chi connectivity index (χ0n) is 10.9. The Labute approximate surface area is 113 Å². The summed E-state index contributed by atoms with van der Waals surface area (Å²) in [6, 6.07) is 5.73. The summed E-state index contributed by atoms with van der Waals surface area (Å²) in [4.78, 5) is 23.0. The van der Waals surface area contributed by atoms with E-state index >= 15 is 0 Å². The molecule has 0 fully saturated rings. The fourth-order valence-electron chi connectivity index (χ4n) is 1.74. The minimum absolute atomic E-state index is 0.0600. The molecule has 3 nitrogen and oxygen atoms in total. The van der Waals surface area contributed by atoms with Crippen molar-refractivity contribution in [3.8, 4) is 0 Å². The summed E-state index contributed by atoms with van der Waals surface area (Å²) >= 11 is 3.75. The fraction of sp³-hybridized carbons (Fsp3) is 0.429. The highest BCUT2D eigenvalue weighted by Crippen LogP contribution is 2.24. The normalized spacial score (nSPS) is 12.0. The van der Waals surface area contributed by atoms with Crippen molar-refractivity contribution in [2.75, 3.05) is 6.61 Å². The van der Waals surface area contributed by atoms with Gasteiger partial charge < -0.3 is 4.74 Å². The highest BCUT2D eigenvalue weighted by Gasteiger charge is 2.24. The Morgan fingerprint density at radius 2 is 1.94 bits per heavy atom. The number of aryl methyl sites for hydroxylation is 2. The summed E-state index contributed by atoms with van der Waals surface area (Å²) in [5, 5.41) is -0.314. The highest BCUT2D eigenvalue weighted by atomic mass is 32.1. The lowest BCUT2D eigenvalue weighted by atomic mass is 9.93. The standard InChI is InChI=1S/C14H18O3S/c1-4-17-14(16)12(8-13(15)18)11-6-5-9(2)10(3)7-11/h5-7,12H,4,8H2,1-3H3,(H,15,18). The fourth-order valence-corrected chi connectivity index (χ4v) is 1.92. The van der Waals surface area contributed by atoms with E-state index in [2.05, 4.69) is 12.6 Å². The molecule has 1 aromatic rings. The first kappa shape index (κ1) is 14.8. The van der Waals surface area contributed by atoms with Crippen LogP contribution < -0.4 is 0 Å². The molecule has 0 aromatic heterocycles. The van der Waals surface area contributed by atoms with Gasteiger partial charge >= 0.3 is 5.97 Å². The van der Waals surface area contributed by atoms with E-state index in [-0.39, 0.29) is 17.5 Å². The van der Waals surface area contributed by atoms with Gasteiger partial charge in [0.1, 0.15) is 0 Å². The molecule has 0 bridgehead atoms. The molecule has 0 saturated heterocycles. The van der Waals surface area contributed by atoms with Crippen LogP contribution in [0.5, 0.6) is 0 Å². The van der Waals surface area contributed by atoms with E-state index in [1.165, 1.54) is 0 Å². The quantitative estimate of drug-likeness (QED) is 0.658. The van der Waals surface area contributed by atoms with Gasteiger partial charge in [-0.15, -0.1) is 12.6 Å². The average Bonchev–Trinajstić information content (AvgIpc) is 2.30. The van der Waals surface area contributed by atoms with E-state index in [1.807, 2.05) is 32.0 Å². The lowest BCUT2D eigenvalue weighted by Crippen LogP contribution is -2.18. The second kappa shape index (κ2) is 6.59. The third kappa shape index (κ3) is 3.88. The number of hydrogen-bond donors (Lipinski definition) is 1. The Bertz CT molecular complexity index is 454. The summed E-state index contributed by atoms with van der Waals surface area (Å²) in [5.41, 5.74) is 3.05. The van der Waals surface area contributed by atoms with Crippen molar-refractivity contribution in [1.29, 1.82) is 0 Å². The monoisotopic (exact) mass is 266 g/mol. The second-order valence-electron chi connectivity index (χ2n) is 4.25. The summed E-state index contributed by atoms with van der Waals surface area (Å²) in [5.74, 6) is -0.933. The Balaban J connectivity index is 3.04. The number of carbonyl (C=O) groups is 2. The van der Waals surface area contributed by atoms with Gasteiger partial charge in [0.2, 0.25) is 0 Å². The SMILES string of the molecule is CCOC(=O)C(CC(=O)S)c1ccc(C)c(C)c1. The molecular weight excluding hydrogens is 248 g/mol. The van der Waals surface area contributed by atoms with E-state index in [4.69, 9.17) is 4.74 Å². The third-order valence-electron chi connectivity index (χ3n) is 2.88. The molecule has 0 N–H and O–H groups in total. The number of esters is 1. The maximum absolute atomic E-state index is 11.9. The van der Waals surface area contributed by atoms with Crippen LogP contribution in [0.3, 0.4) is 0 Å². The van der Waals surface area contributed by atoms with Crippen molar-refractivity contribution in [2.45, 2.75) is 33.1 Å². The Kier molecular flexibility index (Phi) is 5.41. The molecule has 0 heterocycles. The van der Waals surface area contributed by atoms with E-state index in [9.17, 15) is 9.59 Å². The minimum Gasteiger partial charge on any atom is -0.466 e. The van der Waals surface area contributed by atoms with Crippen molar-refractivity contribution >= 4 is 23.7 Å². The summed E-state index contributed by atoms with van der Waals surface area (Å²) in [6.45, 7) is 6.03. The maximum Gasteiger partial charge on any atom is 0.313 e. The minimum atomic E-state index is -0.561. The lowest BCUT2D eigenvalue weighted by molar-refractivity contribution is -0.145. The molecule has 1 atom stereocenters. The molecule has 4 heteroatoms. The largest absolute Gasteiger partial charge is 0.466 e. The molecule has 1 rings (SSSR count). The molecule has 1 aromatic carbocycles. The van der Waals surface area contributed by atoms with Gasteiger partial charge in [-0.05, 0) is 37.5 Å². The zero-order valence-corrected chi connectivity index (χ0v) is 11.8. The van der Waals surface area contributed by atoms with E-state index in [1.54, 1.807) is 6.92 Å². The van der Waals surface area contributed by atoms with Crippen LogP contribution in [0.15, 0.2) is 18.2 Å². The van der Waals surface area contributed by atoms with Crippen LogP contribution >= 0.6 is 12.6 Å². The van der Waals surface area contributed by atoms with Gasteiger partial charge in [0.25, 0.3) is 0 Å². The van der Waals surface area contributed by atoms with Gasteiger partial charge in [-0.2, -0.15) is 0 Å². The molecule has 0 spiro atoms. The Morgan fingerprint density at radius 3 is 2.44 bits per heavy atom. The first-order chi connectivity index (χ1) is 8.45. The zero-order chi connectivity index (χ0) is 13.7. The van der Waals surface area contributed by atoms with Gasteiger partial charge in [0, 0.05) is 6.42 Å². The number of thiol groups is 1. The molecular formula is C14H18O3S. The number of ether oxygens (including phenoxy) is 1. The molecule has 0 saturated carbocycles. The van der Waals surface area contributed by atoms with Crippen LogP contribution in [0.2, 0.25) is 0 Å². The molecule has 1 unspecified atom stereocenters. The van der Waals surface area contributed by atoms with Gasteiger partial charge in [0.05, 0.1) is 12.5 Å². The molecule has 18 heavy (non-hydrogen) atoms. The number of carbonyl (C=O) groups excluding carboxylic acids is 2. The van der Waals surface area contributed by atoms with Gasteiger partial charge in [0.15, 0.2) is 5.12 Å². The van der Waals surface area contributed by atoms with Crippen molar-refractivity contribution < 1.29 is 14.3 Å². The third-order valence-corrected chi connectivity index (χ3v) is 3.07. The highest BCUT2D eigenvalue weighted by molar-refractivity contribution is 7.96. The maximum atomic E-state index is 11.9. The number of rotatable bonds is 5. The summed E-state index contributed by atoms with van der Waals surface area (Å²) in [6.07, 6.45) is 0.0600. The van der Waals surface area contributed by atoms with Crippen LogP contribution in [0.4, 0.5) is 0 Å². The van der Waals surface area contributed by atoms with E-state index < -0.39 is 5.92 Å². The van der Waals surface area contributed by atoms with Crippen molar-refractivity contribution in [3.63, 3.8) is 0 Å². The van der Waals surface area contributed by atoms with Crippen LogP contribution in [-0.2, 0) is 14.3 Å². The summed E-state index contributed by atoms with van der Waals surface area (Å²) in [7, 11) is 0. The molecule has 98 valence electrons. The summed E-state index contributed by atoms with van der Waals surface area (Å²) < 4.78 is 5.00. The van der Waals surface area contributed by atoms with Gasteiger partial charge in [-0.3, -0.25) is 9.59 Å². The van der Waals surface area contributed by atoms with Crippen LogP contribution in [-0.4, -0.2) is 17.7 Å². The number of hydrogen-bond acceptors (Lipinski definition) is 3. The molecule has 0 amide bonds. The van der Waals surface area contributed by atoms with Crippen LogP contribution in [0.25, 0.3) is 0 Å². The van der Waals surface area contributed by atoms with Crippen molar-refractivity contribution in [1.82, 2.24) is 0 Å². The Morgan fingerprint density at radius 1 is 1.28 bits per heavy atom. The molecule has 0 aliphatic rings. The second-order valence-corrected chi connectivity index (χ2v) is 4.74. The molecule has 0 aliphatic heterocycles. The van der Waals surface area contributed by atoms with Crippen LogP contribution in [0.1, 0.15) is 36.0 Å². The predicted molar refractivity (Wildman–Crippen MR) is 73.9 cm³/mol. The topological polar surface area (TPSA) is 43.4 Å². The average molecular weight is 266 g/mol. The molecule has 0 aliphatic carbocycles. The number of benzene rings is 1. The van der Waals surface area contributed by atoms with E-state index in [0.29, 0.717) is 6.61 Å². The van der Waals surface area contributed by atoms with Crippen LogP contribution in [0, 0.1) is 13.8 Å². The lowest BCUT2D eigenvalue weighted by Gasteiger charge is -2.15. The first-order valence-corrected chi connectivity index (χ1v) is 6.36. The Hall–Kier alpha value is -1.29. The van der Waals surface area contributed by atoms with E-state index in [0.717, 1.165) is 16.7 Å². The van der Waals surface area contributed by atoms with Gasteiger partial charge in [-0.1, -0.05) is 18.2 Å². The van der Waals surface area contributed by atoms with Crippen molar-refractivity contribution in [2.24, 2.45) is 0 Å². The first-order valence-electron chi connectivity index (χ1n) is 5.91. The molecule has 0 radical (unpaired) electrons. The predicted octanol–water partition coefficient (Wildman–Crippen LogP) is 2.80. The van der Waals surface area contributed by atoms with Crippen molar-refractivity contribution in [3.05, 3.63) is 34.9 Å².